The summed E-state index contributed by atoms with van der Waals surface area (Å²) in [6.07, 6.45) is 47.7. The molecule has 0 saturated heterocycles. The van der Waals surface area contributed by atoms with Gasteiger partial charge in [-0.1, -0.05) is 269 Å². The van der Waals surface area contributed by atoms with Crippen LogP contribution in [0.5, 0.6) is 0 Å². The Hall–Kier alpha value is -0.670. The van der Waals surface area contributed by atoms with Crippen molar-refractivity contribution in [3.8, 4) is 0 Å². The Labute approximate surface area is 373 Å². The van der Waals surface area contributed by atoms with Gasteiger partial charge in [0.05, 0.1) is 0 Å². The smallest absolute Gasteiger partial charge is 0.132 e. The second kappa shape index (κ2) is 83.9. The molecule has 0 aromatic carbocycles. The zero-order chi connectivity index (χ0) is 45.4. The van der Waals surface area contributed by atoms with Crippen LogP contribution in [-0.4, -0.2) is 36.9 Å². The van der Waals surface area contributed by atoms with E-state index >= 15 is 0 Å². The van der Waals surface area contributed by atoms with Gasteiger partial charge in [0.15, 0.2) is 0 Å². The molecule has 0 bridgehead atoms. The fraction of sp³-hybridized carbons (Fsp3) is 0.945. The SMILES string of the molecule is C=C.CC.CC.CC.CCCCCCCCC.CCCCCCCCC.CCCCCCCCCCC(=O)CCCCCCCN(CCCN)CCCCCCCC. The Balaban J connectivity index is -0.000000162. The summed E-state index contributed by atoms with van der Waals surface area (Å²) in [5.74, 6) is 0.503. The minimum absolute atomic E-state index is 0.503. The summed E-state index contributed by atoms with van der Waals surface area (Å²) in [5, 5.41) is 0. The molecule has 0 aliphatic carbocycles. The van der Waals surface area contributed by atoms with Crippen molar-refractivity contribution in [2.24, 2.45) is 5.73 Å². The highest BCUT2D eigenvalue weighted by molar-refractivity contribution is 5.78. The first-order valence-electron chi connectivity index (χ1n) is 27.0. The van der Waals surface area contributed by atoms with Gasteiger partial charge in [-0.2, -0.15) is 0 Å². The van der Waals surface area contributed by atoms with E-state index in [1.165, 1.54) is 219 Å². The monoisotopic (exact) mass is 827 g/mol. The molecule has 0 unspecified atom stereocenters. The Bertz CT molecular complexity index is 554. The summed E-state index contributed by atoms with van der Waals surface area (Å²) in [6.45, 7) is 36.1. The van der Waals surface area contributed by atoms with Gasteiger partial charge in [0.25, 0.3) is 0 Å². The van der Waals surface area contributed by atoms with Crippen molar-refractivity contribution in [2.75, 3.05) is 26.2 Å². The molecule has 0 fully saturated rings. The summed E-state index contributed by atoms with van der Waals surface area (Å²) < 4.78 is 0. The second-order valence-corrected chi connectivity index (χ2v) is 15.6. The average molecular weight is 828 g/mol. The predicted octanol–water partition coefficient (Wildman–Crippen LogP) is 19.8. The molecule has 58 heavy (non-hydrogen) atoms. The van der Waals surface area contributed by atoms with Gasteiger partial charge >= 0.3 is 0 Å². The fourth-order valence-corrected chi connectivity index (χ4v) is 6.60. The van der Waals surface area contributed by atoms with Gasteiger partial charge < -0.3 is 10.6 Å². The molecule has 0 aromatic rings. The molecule has 0 atom stereocenters. The standard InChI is InChI=1S/C29H60N2O.2C9H20.3C2H6.C2H4/c1-3-5-7-9-11-12-14-18-23-29(32)24-19-15-13-17-21-27-31(28-22-25-30)26-20-16-10-8-6-4-2;2*1-3-5-7-9-8-6-4-2;4*1-2/h3-28,30H2,1-2H3;2*3-9H2,1-2H3;3*1-2H3;1-2H2. The van der Waals surface area contributed by atoms with Crippen LogP contribution in [0.3, 0.4) is 0 Å². The van der Waals surface area contributed by atoms with Crippen LogP contribution in [0, 0.1) is 0 Å². The van der Waals surface area contributed by atoms with E-state index in [-0.39, 0.29) is 0 Å². The van der Waals surface area contributed by atoms with Crippen LogP contribution in [0.25, 0.3) is 0 Å². The van der Waals surface area contributed by atoms with E-state index in [1.807, 2.05) is 41.5 Å². The van der Waals surface area contributed by atoms with Crippen LogP contribution in [0.2, 0.25) is 0 Å². The molecule has 0 saturated carbocycles. The molecule has 0 amide bonds. The summed E-state index contributed by atoms with van der Waals surface area (Å²) in [4.78, 5) is 14.7. The van der Waals surface area contributed by atoms with E-state index in [0.717, 1.165) is 38.6 Å². The Morgan fingerprint density at radius 3 is 0.741 bits per heavy atom. The van der Waals surface area contributed by atoms with Gasteiger partial charge in [0, 0.05) is 12.8 Å². The number of nitrogens with zero attached hydrogens (tertiary/aromatic N) is 1. The van der Waals surface area contributed by atoms with Crippen molar-refractivity contribution in [3.63, 3.8) is 0 Å². The quantitative estimate of drug-likeness (QED) is 0.0496. The second-order valence-electron chi connectivity index (χ2n) is 15.6. The van der Waals surface area contributed by atoms with Gasteiger partial charge in [-0.05, 0) is 58.3 Å². The van der Waals surface area contributed by atoms with E-state index in [9.17, 15) is 4.79 Å². The third kappa shape index (κ3) is 87.0. The van der Waals surface area contributed by atoms with Crippen LogP contribution in [0.1, 0.15) is 314 Å². The van der Waals surface area contributed by atoms with Crippen LogP contribution < -0.4 is 5.73 Å². The molecule has 0 aliphatic rings. The molecule has 0 rings (SSSR count). The maximum atomic E-state index is 12.1. The summed E-state index contributed by atoms with van der Waals surface area (Å²) >= 11 is 0. The highest BCUT2D eigenvalue weighted by Crippen LogP contribution is 2.13. The number of rotatable bonds is 39. The number of Topliss-reactive ketones (excluding diaryl/α,β-unsaturated/α-hetero) is 1. The maximum absolute atomic E-state index is 12.1. The van der Waals surface area contributed by atoms with Crippen molar-refractivity contribution in [2.45, 2.75) is 314 Å². The van der Waals surface area contributed by atoms with E-state index in [4.69, 9.17) is 5.73 Å². The molecule has 358 valence electrons. The zero-order valence-electron chi connectivity index (χ0n) is 43.6. The van der Waals surface area contributed by atoms with Gasteiger partial charge in [-0.25, -0.2) is 0 Å². The molecule has 3 nitrogen and oxygen atoms in total. The maximum Gasteiger partial charge on any atom is 0.132 e. The lowest BCUT2D eigenvalue weighted by molar-refractivity contribution is -0.119. The molecular formula is C55H122N2O. The summed E-state index contributed by atoms with van der Waals surface area (Å²) in [5.41, 5.74) is 5.73. The van der Waals surface area contributed by atoms with Crippen LogP contribution in [0.4, 0.5) is 0 Å². The van der Waals surface area contributed by atoms with Crippen molar-refractivity contribution in [1.82, 2.24) is 4.90 Å². The molecule has 0 heterocycles. The molecule has 0 spiro atoms. The highest BCUT2D eigenvalue weighted by atomic mass is 16.1. The first kappa shape index (κ1) is 71.8. The Morgan fingerprint density at radius 2 is 0.517 bits per heavy atom. The van der Waals surface area contributed by atoms with Crippen molar-refractivity contribution >= 4 is 5.78 Å². The van der Waals surface area contributed by atoms with Gasteiger partial charge in [-0.15, -0.1) is 13.2 Å². The minimum Gasteiger partial charge on any atom is -0.330 e. The van der Waals surface area contributed by atoms with Crippen molar-refractivity contribution in [1.29, 1.82) is 0 Å². The average Bonchev–Trinajstić information content (AvgIpc) is 3.27. The molecule has 2 N–H and O–H groups in total. The largest absolute Gasteiger partial charge is 0.330 e. The number of nitrogens with two attached hydrogens (primary N) is 1. The van der Waals surface area contributed by atoms with E-state index in [2.05, 4.69) is 59.6 Å². The van der Waals surface area contributed by atoms with Crippen molar-refractivity contribution in [3.05, 3.63) is 13.2 Å². The topological polar surface area (TPSA) is 46.3 Å². The number of ketones is 1. The summed E-state index contributed by atoms with van der Waals surface area (Å²) in [6, 6.07) is 0. The predicted molar refractivity (Wildman–Crippen MR) is 276 cm³/mol. The Morgan fingerprint density at radius 1 is 0.328 bits per heavy atom. The number of unbranched alkanes of at least 4 members (excludes halogenated alkanes) is 28. The minimum atomic E-state index is 0.503. The molecule has 3 heteroatoms. The third-order valence-electron chi connectivity index (χ3n) is 10.2. The first-order chi connectivity index (χ1) is 28.6. The molecule has 0 aliphatic heterocycles. The molecule has 0 aromatic heterocycles. The van der Waals surface area contributed by atoms with E-state index in [1.54, 1.807) is 0 Å². The fourth-order valence-electron chi connectivity index (χ4n) is 6.60. The number of carbonyl (C=O) groups excluding carboxylic acids is 1. The molecular weight excluding hydrogens is 705 g/mol. The van der Waals surface area contributed by atoms with E-state index < -0.39 is 0 Å². The third-order valence-corrected chi connectivity index (χ3v) is 10.2. The Kier molecular flexibility index (Phi) is 104. The number of hydrogen-bond acceptors (Lipinski definition) is 3. The zero-order valence-corrected chi connectivity index (χ0v) is 43.6. The van der Waals surface area contributed by atoms with Crippen molar-refractivity contribution < 1.29 is 4.79 Å². The normalized spacial score (nSPS) is 9.83. The van der Waals surface area contributed by atoms with Crippen LogP contribution in [-0.2, 0) is 4.79 Å². The first-order valence-corrected chi connectivity index (χ1v) is 27.0. The van der Waals surface area contributed by atoms with Gasteiger partial charge in [0.2, 0.25) is 0 Å². The lowest BCUT2D eigenvalue weighted by Gasteiger charge is -2.22. The van der Waals surface area contributed by atoms with Gasteiger partial charge in [0.1, 0.15) is 5.78 Å². The molecule has 0 radical (unpaired) electrons. The van der Waals surface area contributed by atoms with Crippen LogP contribution in [0.15, 0.2) is 13.2 Å². The lowest BCUT2D eigenvalue weighted by atomic mass is 10.0. The van der Waals surface area contributed by atoms with Gasteiger partial charge in [-0.3, -0.25) is 4.79 Å². The highest BCUT2D eigenvalue weighted by Gasteiger charge is 2.05. The number of carbonyl (C=O) groups is 1. The summed E-state index contributed by atoms with van der Waals surface area (Å²) in [7, 11) is 0. The van der Waals surface area contributed by atoms with E-state index in [0.29, 0.717) is 5.78 Å². The lowest BCUT2D eigenvalue weighted by Crippen LogP contribution is -2.28. The number of hydrogen-bond donors (Lipinski definition) is 1. The van der Waals surface area contributed by atoms with Crippen LogP contribution >= 0.6 is 0 Å².